The van der Waals surface area contributed by atoms with Crippen molar-refractivity contribution in [3.05, 3.63) is 20.8 Å². The average Bonchev–Trinajstić information content (AvgIpc) is 2.68. The van der Waals surface area contributed by atoms with Crippen molar-refractivity contribution < 1.29 is 13.2 Å². The van der Waals surface area contributed by atoms with Crippen LogP contribution in [-0.4, -0.2) is 32.1 Å². The van der Waals surface area contributed by atoms with Crippen molar-refractivity contribution in [1.29, 1.82) is 0 Å². The topological polar surface area (TPSA) is 66.5 Å². The van der Waals surface area contributed by atoms with Crippen LogP contribution in [0.3, 0.4) is 0 Å². The van der Waals surface area contributed by atoms with Gasteiger partial charge >= 0.3 is 0 Å². The molecule has 2 rings (SSSR count). The number of carbonyl (C=O) groups excluding carboxylic acids is 1. The molecule has 0 amide bonds. The molecule has 1 aliphatic heterocycles. The number of rotatable bonds is 2. The number of hydrogen-bond acceptors (Lipinski definition) is 4. The highest BCUT2D eigenvalue weighted by molar-refractivity contribution is 9.11. The molecule has 0 aliphatic carbocycles. The van der Waals surface area contributed by atoms with E-state index < -0.39 is 16.3 Å². The fraction of sp³-hybridized carbons (Fsp3) is 0.444. The maximum Gasteiger partial charge on any atom is 0.280 e. The molecule has 17 heavy (non-hydrogen) atoms. The molecule has 5 nitrogen and oxygen atoms in total. The summed E-state index contributed by atoms with van der Waals surface area (Å²) in [5.74, 6) is 0. The molecule has 1 fully saturated rings. The van der Waals surface area contributed by atoms with Gasteiger partial charge in [0.1, 0.15) is 6.29 Å². The van der Waals surface area contributed by atoms with Gasteiger partial charge < -0.3 is 4.79 Å². The van der Waals surface area contributed by atoms with Gasteiger partial charge in [0.05, 0.1) is 15.9 Å². The monoisotopic (exact) mass is 338 g/mol. The van der Waals surface area contributed by atoms with Gasteiger partial charge in [-0.1, -0.05) is 0 Å². The van der Waals surface area contributed by atoms with Crippen molar-refractivity contribution in [3.8, 4) is 0 Å². The highest BCUT2D eigenvalue weighted by Gasteiger charge is 2.37. The van der Waals surface area contributed by atoms with Gasteiger partial charge in [0.25, 0.3) is 10.2 Å². The van der Waals surface area contributed by atoms with E-state index in [0.717, 1.165) is 13.0 Å². The number of halogens is 1. The van der Waals surface area contributed by atoms with Crippen LogP contribution >= 0.6 is 27.3 Å². The largest absolute Gasteiger partial charge is 0.302 e. The van der Waals surface area contributed by atoms with Crippen molar-refractivity contribution in [1.82, 2.24) is 9.03 Å². The first-order valence-corrected chi connectivity index (χ1v) is 7.95. The summed E-state index contributed by atoms with van der Waals surface area (Å²) in [5, 5.41) is 0. The van der Waals surface area contributed by atoms with Gasteiger partial charge in [0.2, 0.25) is 0 Å². The number of nitrogens with zero attached hydrogens (tertiary/aromatic N) is 1. The molecule has 2 heterocycles. The lowest BCUT2D eigenvalue weighted by atomic mass is 10.1. The Labute approximate surface area is 112 Å². The Bertz CT molecular complexity index is 528. The Hall–Kier alpha value is -0.280. The standard InChI is InChI=1S/C9H11BrN2O3S2/c1-12-6(5-13)4-7(11-17(12,14)15)8-2-3-9(10)16-8/h2-3,5-7,11H,4H2,1H3/t6-,7+/m1/s1. The van der Waals surface area contributed by atoms with Crippen LogP contribution in [0.25, 0.3) is 0 Å². The highest BCUT2D eigenvalue weighted by Crippen LogP contribution is 2.33. The van der Waals surface area contributed by atoms with E-state index in [1.165, 1.54) is 18.4 Å². The summed E-state index contributed by atoms with van der Waals surface area (Å²) in [5.41, 5.74) is 0. The molecule has 0 unspecified atom stereocenters. The van der Waals surface area contributed by atoms with Crippen LogP contribution in [0.15, 0.2) is 15.9 Å². The molecule has 1 saturated heterocycles. The average molecular weight is 339 g/mol. The lowest BCUT2D eigenvalue weighted by Gasteiger charge is -2.33. The van der Waals surface area contributed by atoms with E-state index in [1.54, 1.807) is 0 Å². The minimum absolute atomic E-state index is 0.331. The van der Waals surface area contributed by atoms with E-state index >= 15 is 0 Å². The molecule has 1 aromatic rings. The van der Waals surface area contributed by atoms with Crippen LogP contribution < -0.4 is 4.72 Å². The third-order valence-corrected chi connectivity index (χ3v) is 6.06. The third-order valence-electron chi connectivity index (χ3n) is 2.71. The summed E-state index contributed by atoms with van der Waals surface area (Å²) in [6.45, 7) is 0. The van der Waals surface area contributed by atoms with Crippen LogP contribution in [0.4, 0.5) is 0 Å². The Kier molecular flexibility index (Phi) is 3.69. The van der Waals surface area contributed by atoms with Crippen molar-refractivity contribution in [2.24, 2.45) is 0 Å². The predicted octanol–water partition coefficient (Wildman–Crippen LogP) is 1.29. The minimum atomic E-state index is -3.57. The normalized spacial score (nSPS) is 29.1. The molecule has 1 aliphatic rings. The number of thiophene rings is 1. The number of likely N-dealkylation sites (N-methyl/N-ethyl adjacent to an activating group) is 1. The summed E-state index contributed by atoms with van der Waals surface area (Å²) in [6, 6.07) is 2.78. The molecule has 2 atom stereocenters. The molecule has 1 N–H and O–H groups in total. The second-order valence-electron chi connectivity index (χ2n) is 3.77. The van der Waals surface area contributed by atoms with E-state index in [-0.39, 0.29) is 6.04 Å². The summed E-state index contributed by atoms with van der Waals surface area (Å²) in [7, 11) is -2.16. The van der Waals surface area contributed by atoms with Crippen molar-refractivity contribution in [3.63, 3.8) is 0 Å². The second kappa shape index (κ2) is 4.77. The summed E-state index contributed by atoms with van der Waals surface area (Å²) < 4.78 is 28.2. The number of aldehydes is 1. The lowest BCUT2D eigenvalue weighted by Crippen LogP contribution is -2.52. The van der Waals surface area contributed by atoms with Gasteiger partial charge in [0.15, 0.2) is 0 Å². The molecule has 0 spiro atoms. The molecular formula is C9H11BrN2O3S2. The number of carbonyl (C=O) groups is 1. The van der Waals surface area contributed by atoms with E-state index in [0.29, 0.717) is 12.7 Å². The summed E-state index contributed by atoms with van der Waals surface area (Å²) >= 11 is 4.80. The van der Waals surface area contributed by atoms with Gasteiger partial charge in [-0.3, -0.25) is 0 Å². The minimum Gasteiger partial charge on any atom is -0.302 e. The molecular weight excluding hydrogens is 328 g/mol. The zero-order chi connectivity index (χ0) is 12.6. The SMILES string of the molecule is CN1[C@@H](C=O)C[C@@H](c2ccc(Br)s2)NS1(=O)=O. The second-order valence-corrected chi connectivity index (χ2v) is 8.03. The Morgan fingerprint density at radius 1 is 1.59 bits per heavy atom. The van der Waals surface area contributed by atoms with E-state index in [1.807, 2.05) is 12.1 Å². The van der Waals surface area contributed by atoms with Gasteiger partial charge in [-0.25, -0.2) is 0 Å². The molecule has 0 radical (unpaired) electrons. The van der Waals surface area contributed by atoms with Gasteiger partial charge in [-0.05, 0) is 34.5 Å². The molecule has 0 saturated carbocycles. The van der Waals surface area contributed by atoms with Gasteiger partial charge in [-0.15, -0.1) is 11.3 Å². The fourth-order valence-corrected chi connectivity index (χ4v) is 4.51. The molecule has 94 valence electrons. The van der Waals surface area contributed by atoms with Gasteiger partial charge in [-0.2, -0.15) is 17.4 Å². The fourth-order valence-electron chi connectivity index (χ4n) is 1.71. The quantitative estimate of drug-likeness (QED) is 0.826. The Morgan fingerprint density at radius 2 is 2.29 bits per heavy atom. The van der Waals surface area contributed by atoms with Crippen molar-refractivity contribution in [2.45, 2.75) is 18.5 Å². The maximum absolute atomic E-state index is 11.8. The first-order valence-electron chi connectivity index (χ1n) is 4.90. The van der Waals surface area contributed by atoms with Crippen molar-refractivity contribution >= 4 is 43.8 Å². The van der Waals surface area contributed by atoms with E-state index in [9.17, 15) is 13.2 Å². The predicted molar refractivity (Wildman–Crippen MR) is 69.0 cm³/mol. The maximum atomic E-state index is 11.8. The van der Waals surface area contributed by atoms with Crippen LogP contribution in [0.2, 0.25) is 0 Å². The smallest absolute Gasteiger partial charge is 0.280 e. The first kappa shape index (κ1) is 13.2. The van der Waals surface area contributed by atoms with Crippen LogP contribution in [0.5, 0.6) is 0 Å². The highest BCUT2D eigenvalue weighted by atomic mass is 79.9. The molecule has 1 aromatic heterocycles. The lowest BCUT2D eigenvalue weighted by molar-refractivity contribution is -0.111. The van der Waals surface area contributed by atoms with Crippen LogP contribution in [0, 0.1) is 0 Å². The summed E-state index contributed by atoms with van der Waals surface area (Å²) in [4.78, 5) is 11.8. The van der Waals surface area contributed by atoms with E-state index in [2.05, 4.69) is 20.7 Å². The molecule has 0 aromatic carbocycles. The Morgan fingerprint density at radius 3 is 2.82 bits per heavy atom. The molecule has 0 bridgehead atoms. The summed E-state index contributed by atoms with van der Waals surface area (Å²) in [6.07, 6.45) is 1.13. The van der Waals surface area contributed by atoms with E-state index in [4.69, 9.17) is 0 Å². The molecule has 8 heteroatoms. The van der Waals surface area contributed by atoms with Gasteiger partial charge in [0, 0.05) is 11.9 Å². The number of nitrogens with one attached hydrogen (secondary N) is 1. The zero-order valence-corrected chi connectivity index (χ0v) is 12.2. The van der Waals surface area contributed by atoms with Crippen molar-refractivity contribution in [2.75, 3.05) is 7.05 Å². The third kappa shape index (κ3) is 2.60. The van der Waals surface area contributed by atoms with Crippen LogP contribution in [-0.2, 0) is 15.0 Å². The Balaban J connectivity index is 2.30. The van der Waals surface area contributed by atoms with Crippen LogP contribution in [0.1, 0.15) is 17.3 Å². The number of hydrogen-bond donors (Lipinski definition) is 1. The first-order chi connectivity index (χ1) is 7.94. The zero-order valence-electron chi connectivity index (χ0n) is 8.96.